The van der Waals surface area contributed by atoms with Crippen LogP contribution in [0.15, 0.2) is 48.5 Å². The molecular weight excluding hydrogens is 352 g/mol. The number of amides is 1. The number of nitrogens with two attached hydrogens (primary N) is 1. The van der Waals surface area contributed by atoms with Crippen molar-refractivity contribution in [3.63, 3.8) is 0 Å². The number of likely N-dealkylation sites (tertiary alicyclic amines) is 1. The zero-order chi connectivity index (χ0) is 19.6. The zero-order valence-electron chi connectivity index (χ0n) is 16.2. The second kappa shape index (κ2) is 7.68. The first-order chi connectivity index (χ1) is 13.6. The van der Waals surface area contributed by atoms with Crippen LogP contribution in [-0.4, -0.2) is 37.6 Å². The lowest BCUT2D eigenvalue weighted by atomic mass is 9.74. The van der Waals surface area contributed by atoms with E-state index in [9.17, 15) is 4.79 Å². The highest BCUT2D eigenvalue weighted by molar-refractivity contribution is 5.92. The summed E-state index contributed by atoms with van der Waals surface area (Å²) in [6.07, 6.45) is 5.28. The van der Waals surface area contributed by atoms with Gasteiger partial charge in [0.15, 0.2) is 0 Å². The van der Waals surface area contributed by atoms with Gasteiger partial charge in [-0.15, -0.1) is 0 Å². The highest BCUT2D eigenvalue weighted by Crippen LogP contribution is 2.45. The number of fused-ring (bicyclic) bond motifs is 2. The Morgan fingerprint density at radius 3 is 2.79 bits per heavy atom. The molecule has 0 radical (unpaired) electrons. The molecule has 0 aliphatic carbocycles. The standard InChI is InChI=1S/C23H26N2O3/c1-27-20-5-3-2-4-18(20)7-9-22(26)25-12-10-23(11-13-25)16-28-21-8-6-17(15-24)14-19(21)23/h2-9,14H,10-13,15-16,24H2,1H3/b9-7+. The molecule has 2 N–H and O–H groups in total. The van der Waals surface area contributed by atoms with E-state index in [1.54, 1.807) is 13.2 Å². The summed E-state index contributed by atoms with van der Waals surface area (Å²) in [6, 6.07) is 13.9. The molecule has 0 unspecified atom stereocenters. The molecule has 2 aromatic carbocycles. The minimum atomic E-state index is 0.00363. The first-order valence-corrected chi connectivity index (χ1v) is 9.71. The number of para-hydroxylation sites is 1. The Morgan fingerprint density at radius 2 is 2.04 bits per heavy atom. The molecule has 0 atom stereocenters. The minimum absolute atomic E-state index is 0.00363. The third kappa shape index (κ3) is 3.38. The summed E-state index contributed by atoms with van der Waals surface area (Å²) in [5.74, 6) is 1.77. The lowest BCUT2D eigenvalue weighted by Crippen LogP contribution is -2.45. The number of carbonyl (C=O) groups excluding carboxylic acids is 1. The number of benzene rings is 2. The van der Waals surface area contributed by atoms with Gasteiger partial charge in [0.1, 0.15) is 11.5 Å². The molecule has 1 fully saturated rings. The van der Waals surface area contributed by atoms with Crippen LogP contribution in [0.2, 0.25) is 0 Å². The van der Waals surface area contributed by atoms with Crippen molar-refractivity contribution < 1.29 is 14.3 Å². The molecule has 1 saturated heterocycles. The van der Waals surface area contributed by atoms with Gasteiger partial charge in [-0.25, -0.2) is 0 Å². The van der Waals surface area contributed by atoms with Crippen LogP contribution in [0.4, 0.5) is 0 Å². The van der Waals surface area contributed by atoms with Crippen molar-refractivity contribution in [1.29, 1.82) is 0 Å². The monoisotopic (exact) mass is 378 g/mol. The third-order valence-corrected chi connectivity index (χ3v) is 5.93. The minimum Gasteiger partial charge on any atom is -0.496 e. The molecule has 2 aliphatic rings. The van der Waals surface area contributed by atoms with Gasteiger partial charge in [-0.1, -0.05) is 30.3 Å². The molecule has 0 aromatic heterocycles. The maximum atomic E-state index is 12.7. The number of methoxy groups -OCH3 is 1. The fourth-order valence-corrected chi connectivity index (χ4v) is 4.18. The van der Waals surface area contributed by atoms with Gasteiger partial charge in [0.2, 0.25) is 5.91 Å². The topological polar surface area (TPSA) is 64.8 Å². The van der Waals surface area contributed by atoms with Gasteiger partial charge >= 0.3 is 0 Å². The predicted octanol–water partition coefficient (Wildman–Crippen LogP) is 3.12. The van der Waals surface area contributed by atoms with Gasteiger partial charge in [0.05, 0.1) is 13.7 Å². The van der Waals surface area contributed by atoms with Crippen LogP contribution < -0.4 is 15.2 Å². The van der Waals surface area contributed by atoms with Gasteiger partial charge in [-0.3, -0.25) is 4.79 Å². The van der Waals surface area contributed by atoms with E-state index in [1.807, 2.05) is 47.4 Å². The Kier molecular flexibility index (Phi) is 5.09. The SMILES string of the molecule is COc1ccccc1/C=C/C(=O)N1CCC2(CC1)COc1ccc(CN)cc12. The molecule has 146 valence electrons. The second-order valence-corrected chi connectivity index (χ2v) is 7.50. The summed E-state index contributed by atoms with van der Waals surface area (Å²) in [6.45, 7) is 2.67. The second-order valence-electron chi connectivity index (χ2n) is 7.50. The van der Waals surface area contributed by atoms with Crippen molar-refractivity contribution in [3.8, 4) is 11.5 Å². The molecule has 5 heteroatoms. The van der Waals surface area contributed by atoms with E-state index in [4.69, 9.17) is 15.2 Å². The largest absolute Gasteiger partial charge is 0.496 e. The Balaban J connectivity index is 1.44. The first kappa shape index (κ1) is 18.6. The molecule has 1 spiro atoms. The molecule has 5 nitrogen and oxygen atoms in total. The van der Waals surface area contributed by atoms with Crippen molar-refractivity contribution >= 4 is 12.0 Å². The van der Waals surface area contributed by atoms with Crippen molar-refractivity contribution in [2.24, 2.45) is 5.73 Å². The predicted molar refractivity (Wildman–Crippen MR) is 109 cm³/mol. The molecule has 2 aromatic rings. The number of carbonyl (C=O) groups is 1. The number of piperidine rings is 1. The van der Waals surface area contributed by atoms with Crippen LogP contribution in [0.1, 0.15) is 29.5 Å². The summed E-state index contributed by atoms with van der Waals surface area (Å²) >= 11 is 0. The lowest BCUT2D eigenvalue weighted by molar-refractivity contribution is -0.127. The van der Waals surface area contributed by atoms with Gasteiger partial charge < -0.3 is 20.1 Å². The number of ether oxygens (including phenoxy) is 2. The number of hydrogen-bond acceptors (Lipinski definition) is 4. The quantitative estimate of drug-likeness (QED) is 0.831. The van der Waals surface area contributed by atoms with Crippen LogP contribution in [0.25, 0.3) is 6.08 Å². The Hall–Kier alpha value is -2.79. The van der Waals surface area contributed by atoms with Gasteiger partial charge in [-0.2, -0.15) is 0 Å². The van der Waals surface area contributed by atoms with Crippen LogP contribution in [0, 0.1) is 0 Å². The summed E-state index contributed by atoms with van der Waals surface area (Å²) in [7, 11) is 1.64. The Bertz CT molecular complexity index is 898. The van der Waals surface area contributed by atoms with Crippen molar-refractivity contribution in [2.45, 2.75) is 24.8 Å². The third-order valence-electron chi connectivity index (χ3n) is 5.93. The smallest absolute Gasteiger partial charge is 0.246 e. The van der Waals surface area contributed by atoms with Crippen LogP contribution in [-0.2, 0) is 16.8 Å². The molecular formula is C23H26N2O3. The van der Waals surface area contributed by atoms with Gasteiger partial charge in [0, 0.05) is 42.3 Å². The molecule has 2 aliphatic heterocycles. The fraction of sp³-hybridized carbons (Fsp3) is 0.348. The maximum Gasteiger partial charge on any atom is 0.246 e. The van der Waals surface area contributed by atoms with E-state index >= 15 is 0 Å². The van der Waals surface area contributed by atoms with E-state index in [1.165, 1.54) is 5.56 Å². The van der Waals surface area contributed by atoms with Gasteiger partial charge in [0.25, 0.3) is 0 Å². The average molecular weight is 378 g/mol. The molecule has 28 heavy (non-hydrogen) atoms. The van der Waals surface area contributed by atoms with Crippen LogP contribution in [0.3, 0.4) is 0 Å². The summed E-state index contributed by atoms with van der Waals surface area (Å²) in [5, 5.41) is 0. The molecule has 0 bridgehead atoms. The van der Waals surface area contributed by atoms with Crippen LogP contribution in [0.5, 0.6) is 11.5 Å². The van der Waals surface area contributed by atoms with E-state index in [0.717, 1.165) is 48.6 Å². The van der Waals surface area contributed by atoms with Crippen molar-refractivity contribution in [2.75, 3.05) is 26.8 Å². The van der Waals surface area contributed by atoms with E-state index in [0.29, 0.717) is 13.2 Å². The van der Waals surface area contributed by atoms with E-state index in [2.05, 4.69) is 6.07 Å². The Morgan fingerprint density at radius 1 is 1.25 bits per heavy atom. The van der Waals surface area contributed by atoms with Crippen LogP contribution >= 0.6 is 0 Å². The zero-order valence-corrected chi connectivity index (χ0v) is 16.2. The summed E-state index contributed by atoms with van der Waals surface area (Å²) in [4.78, 5) is 14.6. The maximum absolute atomic E-state index is 12.7. The number of rotatable bonds is 4. The van der Waals surface area contributed by atoms with Crippen molar-refractivity contribution in [3.05, 3.63) is 65.2 Å². The van der Waals surface area contributed by atoms with E-state index < -0.39 is 0 Å². The van der Waals surface area contributed by atoms with Crippen molar-refractivity contribution in [1.82, 2.24) is 4.90 Å². The normalized spacial score (nSPS) is 17.6. The molecule has 1 amide bonds. The fourth-order valence-electron chi connectivity index (χ4n) is 4.18. The number of hydrogen-bond donors (Lipinski definition) is 1. The highest BCUT2D eigenvalue weighted by atomic mass is 16.5. The molecule has 4 rings (SSSR count). The highest BCUT2D eigenvalue weighted by Gasteiger charge is 2.43. The summed E-state index contributed by atoms with van der Waals surface area (Å²) in [5.41, 5.74) is 9.10. The lowest BCUT2D eigenvalue weighted by Gasteiger charge is -2.38. The first-order valence-electron chi connectivity index (χ1n) is 9.71. The van der Waals surface area contributed by atoms with E-state index in [-0.39, 0.29) is 11.3 Å². The Labute approximate surface area is 165 Å². The van der Waals surface area contributed by atoms with Gasteiger partial charge in [-0.05, 0) is 36.6 Å². The molecule has 2 heterocycles. The average Bonchev–Trinajstić information content (AvgIpc) is 3.10. The molecule has 0 saturated carbocycles. The number of nitrogens with zero attached hydrogens (tertiary/aromatic N) is 1. The summed E-state index contributed by atoms with van der Waals surface area (Å²) < 4.78 is 11.3.